The van der Waals surface area contributed by atoms with E-state index >= 15 is 0 Å². The molecule has 2 heteroatoms. The molecular weight excluding hydrogens is 200 g/mol. The molecule has 0 aromatic rings. The van der Waals surface area contributed by atoms with E-state index in [9.17, 15) is 5.11 Å². The van der Waals surface area contributed by atoms with Crippen molar-refractivity contribution in [1.82, 2.24) is 0 Å². The van der Waals surface area contributed by atoms with Gasteiger partial charge in [-0.1, -0.05) is 13.3 Å². The second-order valence-electron chi connectivity index (χ2n) is 6.95. The Hall–Kier alpha value is -0.0800. The summed E-state index contributed by atoms with van der Waals surface area (Å²) in [6, 6.07) is 0. The minimum Gasteiger partial charge on any atom is -0.390 e. The average molecular weight is 222 g/mol. The number of ether oxygens (including phenoxy) is 1. The number of fused-ring (bicyclic) bond motifs is 1. The highest BCUT2D eigenvalue weighted by Gasteiger charge is 2.80. The van der Waals surface area contributed by atoms with Crippen molar-refractivity contribution in [3.63, 3.8) is 0 Å². The van der Waals surface area contributed by atoms with E-state index in [1.807, 2.05) is 0 Å². The zero-order chi connectivity index (χ0) is 11.2. The molecule has 1 N–H and O–H groups in total. The maximum Gasteiger partial charge on any atom is 0.113 e. The minimum absolute atomic E-state index is 0.0198. The topological polar surface area (TPSA) is 32.8 Å². The molecule has 6 atom stereocenters. The van der Waals surface area contributed by atoms with Crippen LogP contribution < -0.4 is 0 Å². The highest BCUT2D eigenvalue weighted by atomic mass is 16.6. The van der Waals surface area contributed by atoms with E-state index in [0.717, 1.165) is 12.3 Å². The zero-order valence-electron chi connectivity index (χ0n) is 10.3. The number of rotatable bonds is 0. The molecule has 0 amide bonds. The number of aliphatic hydroxyl groups excluding tert-OH is 1. The third-order valence-electron chi connectivity index (χ3n) is 6.86. The number of aliphatic hydroxyl groups is 1. The van der Waals surface area contributed by atoms with Crippen molar-refractivity contribution in [2.24, 2.45) is 16.7 Å². The molecule has 3 aliphatic carbocycles. The van der Waals surface area contributed by atoms with E-state index in [4.69, 9.17) is 4.74 Å². The van der Waals surface area contributed by atoms with Gasteiger partial charge < -0.3 is 9.84 Å². The Morgan fingerprint density at radius 1 is 1.25 bits per heavy atom. The van der Waals surface area contributed by atoms with Crippen LogP contribution in [0.3, 0.4) is 0 Å². The van der Waals surface area contributed by atoms with Gasteiger partial charge in [0.2, 0.25) is 0 Å². The monoisotopic (exact) mass is 222 g/mol. The summed E-state index contributed by atoms with van der Waals surface area (Å²) in [6.07, 6.45) is 7.68. The van der Waals surface area contributed by atoms with Crippen LogP contribution in [0.25, 0.3) is 0 Å². The second kappa shape index (κ2) is 2.51. The number of epoxide rings is 1. The molecule has 16 heavy (non-hydrogen) atoms. The SMILES string of the molecule is C[C@H]1CCC23CCCC12C[C@H](O)[C@@H]1O[C@@]13C. The summed E-state index contributed by atoms with van der Waals surface area (Å²) in [5, 5.41) is 10.3. The lowest BCUT2D eigenvalue weighted by molar-refractivity contribution is -0.0513. The summed E-state index contributed by atoms with van der Waals surface area (Å²) in [6.45, 7) is 4.68. The summed E-state index contributed by atoms with van der Waals surface area (Å²) in [5.74, 6) is 0.784. The van der Waals surface area contributed by atoms with Gasteiger partial charge in [0.1, 0.15) is 11.7 Å². The Labute approximate surface area is 97.4 Å². The molecule has 1 aliphatic heterocycles. The van der Waals surface area contributed by atoms with Crippen molar-refractivity contribution in [3.05, 3.63) is 0 Å². The fraction of sp³-hybridized carbons (Fsp3) is 1.00. The van der Waals surface area contributed by atoms with Gasteiger partial charge >= 0.3 is 0 Å². The second-order valence-corrected chi connectivity index (χ2v) is 6.95. The lowest BCUT2D eigenvalue weighted by Crippen LogP contribution is -2.54. The van der Waals surface area contributed by atoms with E-state index in [1.165, 1.54) is 32.1 Å². The lowest BCUT2D eigenvalue weighted by Gasteiger charge is -2.50. The first kappa shape index (κ1) is 9.90. The first-order valence-electron chi connectivity index (χ1n) is 6.92. The van der Waals surface area contributed by atoms with E-state index in [2.05, 4.69) is 13.8 Å². The fourth-order valence-electron chi connectivity index (χ4n) is 6.06. The fourth-order valence-corrected chi connectivity index (χ4v) is 6.06. The van der Waals surface area contributed by atoms with Crippen LogP contribution in [-0.4, -0.2) is 22.9 Å². The predicted molar refractivity (Wildman–Crippen MR) is 61.0 cm³/mol. The Balaban J connectivity index is 1.89. The van der Waals surface area contributed by atoms with Gasteiger partial charge in [0.05, 0.1) is 6.10 Å². The highest BCUT2D eigenvalue weighted by Crippen LogP contribution is 2.78. The smallest absolute Gasteiger partial charge is 0.113 e. The van der Waals surface area contributed by atoms with Crippen LogP contribution in [0.5, 0.6) is 0 Å². The predicted octanol–water partition coefficient (Wildman–Crippen LogP) is 2.50. The van der Waals surface area contributed by atoms with Crippen LogP contribution in [0.1, 0.15) is 52.4 Å². The summed E-state index contributed by atoms with van der Waals surface area (Å²) >= 11 is 0. The number of hydrogen-bond donors (Lipinski definition) is 1. The van der Waals surface area contributed by atoms with Crippen LogP contribution in [0.15, 0.2) is 0 Å². The van der Waals surface area contributed by atoms with Crippen LogP contribution in [-0.2, 0) is 4.74 Å². The molecule has 3 saturated carbocycles. The van der Waals surface area contributed by atoms with Crippen molar-refractivity contribution in [2.45, 2.75) is 70.2 Å². The largest absolute Gasteiger partial charge is 0.390 e. The molecule has 90 valence electrons. The van der Waals surface area contributed by atoms with Crippen molar-refractivity contribution in [2.75, 3.05) is 0 Å². The summed E-state index contributed by atoms with van der Waals surface area (Å²) in [7, 11) is 0. The van der Waals surface area contributed by atoms with Gasteiger partial charge in [-0.2, -0.15) is 0 Å². The van der Waals surface area contributed by atoms with Crippen molar-refractivity contribution < 1.29 is 9.84 Å². The molecule has 2 nitrogen and oxygen atoms in total. The lowest BCUT2D eigenvalue weighted by atomic mass is 9.52. The quantitative estimate of drug-likeness (QED) is 0.639. The third-order valence-corrected chi connectivity index (χ3v) is 6.86. The van der Waals surface area contributed by atoms with Gasteiger partial charge in [0.25, 0.3) is 0 Å². The molecule has 0 spiro atoms. The zero-order valence-corrected chi connectivity index (χ0v) is 10.3. The van der Waals surface area contributed by atoms with Crippen molar-refractivity contribution >= 4 is 0 Å². The van der Waals surface area contributed by atoms with Gasteiger partial charge in [-0.25, -0.2) is 0 Å². The molecule has 0 aromatic heterocycles. The molecule has 1 saturated heterocycles. The number of hydrogen-bond acceptors (Lipinski definition) is 2. The van der Waals surface area contributed by atoms with Gasteiger partial charge in [-0.05, 0) is 50.4 Å². The Bertz CT molecular complexity index is 355. The Morgan fingerprint density at radius 3 is 2.88 bits per heavy atom. The van der Waals surface area contributed by atoms with E-state index < -0.39 is 0 Å². The molecule has 1 heterocycles. The van der Waals surface area contributed by atoms with Gasteiger partial charge in [-0.3, -0.25) is 0 Å². The molecule has 2 unspecified atom stereocenters. The minimum atomic E-state index is -0.197. The summed E-state index contributed by atoms with van der Waals surface area (Å²) in [5.41, 5.74) is 0.851. The first-order valence-corrected chi connectivity index (χ1v) is 6.92. The molecule has 4 rings (SSSR count). The van der Waals surface area contributed by atoms with Gasteiger partial charge in [-0.15, -0.1) is 0 Å². The van der Waals surface area contributed by atoms with Crippen LogP contribution in [0.2, 0.25) is 0 Å². The van der Waals surface area contributed by atoms with Gasteiger partial charge in [0, 0.05) is 5.41 Å². The average Bonchev–Trinajstić information content (AvgIpc) is 2.69. The third kappa shape index (κ3) is 0.743. The standard InChI is InChI=1S/C14H22O2/c1-9-4-7-14-6-3-5-13(9,14)8-10(15)11-12(14,2)16-11/h9-11,15H,3-8H2,1-2H3/t9-,10-,11-,12-,13?,14?/m0/s1. The molecular formula is C14H22O2. The van der Waals surface area contributed by atoms with Crippen LogP contribution in [0, 0.1) is 16.7 Å². The molecule has 4 fully saturated rings. The highest BCUT2D eigenvalue weighted by molar-refractivity contribution is 5.28. The van der Waals surface area contributed by atoms with E-state index in [1.54, 1.807) is 0 Å². The van der Waals surface area contributed by atoms with E-state index in [0.29, 0.717) is 10.8 Å². The molecule has 4 aliphatic rings. The summed E-state index contributed by atoms with van der Waals surface area (Å²) < 4.78 is 5.99. The van der Waals surface area contributed by atoms with E-state index in [-0.39, 0.29) is 17.8 Å². The van der Waals surface area contributed by atoms with Crippen LogP contribution in [0.4, 0.5) is 0 Å². The molecule has 0 aromatic carbocycles. The first-order chi connectivity index (χ1) is 7.56. The Kier molecular flexibility index (Phi) is 1.55. The maximum atomic E-state index is 10.3. The summed E-state index contributed by atoms with van der Waals surface area (Å²) in [4.78, 5) is 0. The normalized spacial score (nSPS) is 67.3. The maximum absolute atomic E-state index is 10.3. The van der Waals surface area contributed by atoms with Crippen molar-refractivity contribution in [3.8, 4) is 0 Å². The Morgan fingerprint density at radius 2 is 2.06 bits per heavy atom. The van der Waals surface area contributed by atoms with Crippen LogP contribution >= 0.6 is 0 Å². The van der Waals surface area contributed by atoms with Crippen molar-refractivity contribution in [1.29, 1.82) is 0 Å². The molecule has 0 radical (unpaired) electrons. The molecule has 0 bridgehead atoms. The van der Waals surface area contributed by atoms with Gasteiger partial charge in [0.15, 0.2) is 0 Å².